The Labute approximate surface area is 102 Å². The molecule has 0 bridgehead atoms. The summed E-state index contributed by atoms with van der Waals surface area (Å²) in [6, 6.07) is 0. The minimum atomic E-state index is 0.904. The Morgan fingerprint density at radius 1 is 1.19 bits per heavy atom. The van der Waals surface area contributed by atoms with Crippen molar-refractivity contribution in [3.8, 4) is 0 Å². The highest BCUT2D eigenvalue weighted by molar-refractivity contribution is 7.98. The largest absolute Gasteiger partial charge is 0.370 e. The summed E-state index contributed by atoms with van der Waals surface area (Å²) >= 11 is 1.86. The van der Waals surface area contributed by atoms with Crippen LogP contribution in [-0.2, 0) is 12.2 Å². The second-order valence-electron chi connectivity index (χ2n) is 3.58. The van der Waals surface area contributed by atoms with E-state index in [4.69, 9.17) is 0 Å². The second kappa shape index (κ2) is 6.74. The highest BCUT2D eigenvalue weighted by Gasteiger charge is 2.08. The summed E-state index contributed by atoms with van der Waals surface area (Å²) < 4.78 is 0. The molecule has 0 aliphatic heterocycles. The Hall–Kier alpha value is -0.770. The third-order valence-corrected chi connectivity index (χ3v) is 3.28. The maximum absolute atomic E-state index is 4.60. The molecule has 0 aliphatic carbocycles. The molecule has 0 fully saturated rings. The molecule has 0 amide bonds. The molecule has 4 heteroatoms. The summed E-state index contributed by atoms with van der Waals surface area (Å²) in [7, 11) is 0. The topological polar surface area (TPSA) is 37.8 Å². The Morgan fingerprint density at radius 2 is 1.94 bits per heavy atom. The van der Waals surface area contributed by atoms with Gasteiger partial charge in [0, 0.05) is 17.8 Å². The smallest absolute Gasteiger partial charge is 0.140 e. The molecule has 1 rings (SSSR count). The first-order chi connectivity index (χ1) is 7.72. The zero-order chi connectivity index (χ0) is 12.0. The number of rotatable bonds is 6. The average Bonchev–Trinajstić information content (AvgIpc) is 2.30. The van der Waals surface area contributed by atoms with Gasteiger partial charge in [-0.2, -0.15) is 11.8 Å². The minimum Gasteiger partial charge on any atom is -0.370 e. The number of hydrogen-bond acceptors (Lipinski definition) is 4. The number of anilines is 1. The van der Waals surface area contributed by atoms with Crippen LogP contribution in [0.2, 0.25) is 0 Å². The van der Waals surface area contributed by atoms with Crippen LogP contribution in [0.5, 0.6) is 0 Å². The molecular weight excluding hydrogens is 218 g/mol. The van der Waals surface area contributed by atoms with Gasteiger partial charge in [0.05, 0.1) is 5.75 Å². The third kappa shape index (κ3) is 3.37. The molecule has 0 aromatic carbocycles. The van der Waals surface area contributed by atoms with Crippen LogP contribution in [0.15, 0.2) is 0 Å². The van der Waals surface area contributed by atoms with Gasteiger partial charge < -0.3 is 5.32 Å². The van der Waals surface area contributed by atoms with E-state index < -0.39 is 0 Å². The van der Waals surface area contributed by atoms with Gasteiger partial charge in [0.25, 0.3) is 0 Å². The molecule has 1 heterocycles. The van der Waals surface area contributed by atoms with Crippen LogP contribution < -0.4 is 5.32 Å². The van der Waals surface area contributed by atoms with Gasteiger partial charge in [0.1, 0.15) is 11.6 Å². The summed E-state index contributed by atoms with van der Waals surface area (Å²) in [5.41, 5.74) is 2.35. The van der Waals surface area contributed by atoms with Crippen LogP contribution in [0.4, 0.5) is 5.82 Å². The van der Waals surface area contributed by atoms with Crippen LogP contribution in [0.25, 0.3) is 0 Å². The summed E-state index contributed by atoms with van der Waals surface area (Å²) in [6.45, 7) is 9.38. The first kappa shape index (κ1) is 13.3. The van der Waals surface area contributed by atoms with E-state index in [0.29, 0.717) is 0 Å². The predicted molar refractivity (Wildman–Crippen MR) is 72.1 cm³/mol. The van der Waals surface area contributed by atoms with Crippen molar-refractivity contribution in [2.75, 3.05) is 17.6 Å². The molecular formula is C12H21N3S. The fraction of sp³-hybridized carbons (Fsp3) is 0.667. The van der Waals surface area contributed by atoms with Gasteiger partial charge in [-0.15, -0.1) is 0 Å². The number of aryl methyl sites for hydroxylation is 1. The highest BCUT2D eigenvalue weighted by Crippen LogP contribution is 2.18. The Morgan fingerprint density at radius 3 is 2.50 bits per heavy atom. The van der Waals surface area contributed by atoms with E-state index in [-0.39, 0.29) is 0 Å². The maximum atomic E-state index is 4.60. The van der Waals surface area contributed by atoms with Crippen LogP contribution in [-0.4, -0.2) is 22.3 Å². The van der Waals surface area contributed by atoms with E-state index in [1.807, 2.05) is 11.8 Å². The molecule has 16 heavy (non-hydrogen) atoms. The van der Waals surface area contributed by atoms with Gasteiger partial charge in [-0.25, -0.2) is 9.97 Å². The monoisotopic (exact) mass is 239 g/mol. The third-order valence-electron chi connectivity index (χ3n) is 2.41. The van der Waals surface area contributed by atoms with Crippen LogP contribution in [0.1, 0.15) is 37.9 Å². The summed E-state index contributed by atoms with van der Waals surface area (Å²) in [6.07, 6.45) is 0.969. The standard InChI is InChI=1S/C12H21N3S/c1-5-10-9(4)12(13-6-2)15-11(14-10)8-16-7-3/h5-8H2,1-4H3,(H,13,14,15). The first-order valence-corrected chi connectivity index (χ1v) is 7.06. The van der Waals surface area contributed by atoms with Gasteiger partial charge in [0.2, 0.25) is 0 Å². The molecule has 0 atom stereocenters. The van der Waals surface area contributed by atoms with Crippen molar-refractivity contribution in [3.63, 3.8) is 0 Å². The van der Waals surface area contributed by atoms with Crippen molar-refractivity contribution in [1.82, 2.24) is 9.97 Å². The van der Waals surface area contributed by atoms with Gasteiger partial charge in [-0.1, -0.05) is 13.8 Å². The van der Waals surface area contributed by atoms with E-state index in [9.17, 15) is 0 Å². The molecule has 1 aromatic rings. The molecule has 90 valence electrons. The van der Waals surface area contributed by atoms with E-state index in [0.717, 1.165) is 41.8 Å². The van der Waals surface area contributed by atoms with Crippen molar-refractivity contribution in [2.24, 2.45) is 0 Å². The van der Waals surface area contributed by atoms with Gasteiger partial charge >= 0.3 is 0 Å². The molecule has 0 unspecified atom stereocenters. The van der Waals surface area contributed by atoms with E-state index in [1.165, 1.54) is 5.56 Å². The first-order valence-electron chi connectivity index (χ1n) is 5.90. The fourth-order valence-electron chi connectivity index (χ4n) is 1.56. The predicted octanol–water partition coefficient (Wildman–Crippen LogP) is 3.03. The van der Waals surface area contributed by atoms with E-state index in [1.54, 1.807) is 0 Å². The maximum Gasteiger partial charge on any atom is 0.140 e. The Bertz CT molecular complexity index is 339. The summed E-state index contributed by atoms with van der Waals surface area (Å²) in [5, 5.41) is 3.31. The SMILES string of the molecule is CCNc1nc(CSCC)nc(CC)c1C. The van der Waals surface area contributed by atoms with Crippen molar-refractivity contribution in [2.45, 2.75) is 39.9 Å². The second-order valence-corrected chi connectivity index (χ2v) is 4.86. The molecule has 0 saturated heterocycles. The van der Waals surface area contributed by atoms with Crippen molar-refractivity contribution >= 4 is 17.6 Å². The molecule has 0 spiro atoms. The lowest BCUT2D eigenvalue weighted by Gasteiger charge is -2.12. The van der Waals surface area contributed by atoms with E-state index >= 15 is 0 Å². The quantitative estimate of drug-likeness (QED) is 0.828. The molecule has 1 aromatic heterocycles. The van der Waals surface area contributed by atoms with Crippen molar-refractivity contribution < 1.29 is 0 Å². The minimum absolute atomic E-state index is 0.904. The van der Waals surface area contributed by atoms with Gasteiger partial charge in [-0.3, -0.25) is 0 Å². The van der Waals surface area contributed by atoms with Crippen molar-refractivity contribution in [1.29, 1.82) is 0 Å². The van der Waals surface area contributed by atoms with Gasteiger partial charge in [0.15, 0.2) is 0 Å². The summed E-state index contributed by atoms with van der Waals surface area (Å²) in [5.74, 6) is 3.96. The lowest BCUT2D eigenvalue weighted by molar-refractivity contribution is 0.915. The number of aromatic nitrogens is 2. The Balaban J connectivity index is 2.97. The molecule has 0 aliphatic rings. The Kier molecular flexibility index (Phi) is 5.60. The average molecular weight is 239 g/mol. The lowest BCUT2D eigenvalue weighted by Crippen LogP contribution is -2.08. The molecule has 3 nitrogen and oxygen atoms in total. The number of hydrogen-bond donors (Lipinski definition) is 1. The zero-order valence-electron chi connectivity index (χ0n) is 10.6. The fourth-order valence-corrected chi connectivity index (χ4v) is 2.07. The van der Waals surface area contributed by atoms with Crippen LogP contribution >= 0.6 is 11.8 Å². The van der Waals surface area contributed by atoms with Crippen LogP contribution in [0, 0.1) is 6.92 Å². The zero-order valence-corrected chi connectivity index (χ0v) is 11.4. The van der Waals surface area contributed by atoms with Crippen molar-refractivity contribution in [3.05, 3.63) is 17.1 Å². The number of thioether (sulfide) groups is 1. The number of nitrogens with zero attached hydrogens (tertiary/aromatic N) is 2. The summed E-state index contributed by atoms with van der Waals surface area (Å²) in [4.78, 5) is 9.16. The molecule has 0 saturated carbocycles. The van der Waals surface area contributed by atoms with E-state index in [2.05, 4.69) is 43.0 Å². The molecule has 0 radical (unpaired) electrons. The highest BCUT2D eigenvalue weighted by atomic mass is 32.2. The number of nitrogens with one attached hydrogen (secondary N) is 1. The normalized spacial score (nSPS) is 10.5. The molecule has 1 N–H and O–H groups in total. The lowest BCUT2D eigenvalue weighted by atomic mass is 10.2. The van der Waals surface area contributed by atoms with Crippen LogP contribution in [0.3, 0.4) is 0 Å². The van der Waals surface area contributed by atoms with Gasteiger partial charge in [-0.05, 0) is 26.0 Å².